The van der Waals surface area contributed by atoms with Gasteiger partial charge in [-0.15, -0.1) is 0 Å². The van der Waals surface area contributed by atoms with E-state index in [1.165, 1.54) is 0 Å². The molecule has 15 heavy (non-hydrogen) atoms. The van der Waals surface area contributed by atoms with E-state index >= 15 is 0 Å². The van der Waals surface area contributed by atoms with Gasteiger partial charge in [0.25, 0.3) is 0 Å². The third kappa shape index (κ3) is 3.38. The molecule has 0 aromatic heterocycles. The van der Waals surface area contributed by atoms with Gasteiger partial charge < -0.3 is 15.6 Å². The van der Waals surface area contributed by atoms with Crippen LogP contribution < -0.4 is 10.5 Å². The number of hydrogen-bond acceptors (Lipinski definition) is 3. The second kappa shape index (κ2) is 5.95. The van der Waals surface area contributed by atoms with Crippen LogP contribution in [0, 0.1) is 0 Å². The highest BCUT2D eigenvalue weighted by Gasteiger charge is 2.08. The van der Waals surface area contributed by atoms with E-state index in [4.69, 9.17) is 22.1 Å². The number of halogens is 1. The number of hydrogen-bond donors (Lipinski definition) is 2. The molecule has 0 heterocycles. The van der Waals surface area contributed by atoms with Crippen molar-refractivity contribution in [1.29, 1.82) is 0 Å². The maximum absolute atomic E-state index is 9.50. The molecule has 1 rings (SSSR count). The molecule has 0 fully saturated rings. The number of nitrogens with two attached hydrogens (primary N) is 1. The Morgan fingerprint density at radius 3 is 2.80 bits per heavy atom. The Morgan fingerprint density at radius 2 is 2.27 bits per heavy atom. The van der Waals surface area contributed by atoms with Gasteiger partial charge in [-0.3, -0.25) is 0 Å². The quantitative estimate of drug-likeness (QED) is 0.813. The van der Waals surface area contributed by atoms with E-state index in [0.717, 1.165) is 6.42 Å². The lowest BCUT2D eigenvalue weighted by Crippen LogP contribution is -2.11. The third-order valence-corrected chi connectivity index (χ3v) is 2.32. The monoisotopic (exact) mass is 229 g/mol. The molecule has 0 spiro atoms. The Bertz CT molecular complexity index is 317. The normalized spacial score (nSPS) is 12.5. The first kappa shape index (κ1) is 12.3. The molecule has 0 aliphatic heterocycles. The minimum Gasteiger partial charge on any atom is -0.492 e. The first-order valence-corrected chi connectivity index (χ1v) is 5.37. The van der Waals surface area contributed by atoms with Gasteiger partial charge in [-0.05, 0) is 24.1 Å². The first-order chi connectivity index (χ1) is 7.19. The van der Waals surface area contributed by atoms with Gasteiger partial charge in [0, 0.05) is 6.54 Å². The van der Waals surface area contributed by atoms with Crippen LogP contribution >= 0.6 is 11.6 Å². The van der Waals surface area contributed by atoms with Crippen LogP contribution in [0.2, 0.25) is 5.02 Å². The van der Waals surface area contributed by atoms with Gasteiger partial charge in [-0.1, -0.05) is 24.6 Å². The van der Waals surface area contributed by atoms with Crippen molar-refractivity contribution in [2.75, 3.05) is 13.2 Å². The zero-order valence-corrected chi connectivity index (χ0v) is 9.50. The Balaban J connectivity index is 2.78. The first-order valence-electron chi connectivity index (χ1n) is 4.99. The summed E-state index contributed by atoms with van der Waals surface area (Å²) in [5, 5.41) is 10.0. The molecule has 0 radical (unpaired) electrons. The molecule has 4 heteroatoms. The van der Waals surface area contributed by atoms with Crippen molar-refractivity contribution in [1.82, 2.24) is 0 Å². The minimum atomic E-state index is -0.664. The molecule has 84 valence electrons. The average Bonchev–Trinajstić information content (AvgIpc) is 2.26. The Labute approximate surface area is 94.8 Å². The Morgan fingerprint density at radius 1 is 1.53 bits per heavy atom. The number of benzene rings is 1. The number of ether oxygens (including phenoxy) is 1. The van der Waals surface area contributed by atoms with Crippen LogP contribution in [0.4, 0.5) is 0 Å². The lowest BCUT2D eigenvalue weighted by atomic mass is 10.1. The summed E-state index contributed by atoms with van der Waals surface area (Å²) in [5.41, 5.74) is 6.06. The topological polar surface area (TPSA) is 55.5 Å². The van der Waals surface area contributed by atoms with Crippen LogP contribution in [0.1, 0.15) is 25.0 Å². The molecule has 1 aromatic rings. The van der Waals surface area contributed by atoms with Crippen LogP contribution in [0.5, 0.6) is 5.75 Å². The average molecular weight is 230 g/mol. The summed E-state index contributed by atoms with van der Waals surface area (Å²) < 4.78 is 5.41. The predicted octanol–water partition coefficient (Wildman–Crippen LogP) is 2.12. The van der Waals surface area contributed by atoms with Crippen LogP contribution in [0.25, 0.3) is 0 Å². The van der Waals surface area contributed by atoms with Gasteiger partial charge in [0.1, 0.15) is 5.75 Å². The molecule has 1 atom stereocenters. The van der Waals surface area contributed by atoms with E-state index in [2.05, 4.69) is 0 Å². The molecule has 1 aromatic carbocycles. The number of aliphatic hydroxyl groups is 1. The largest absolute Gasteiger partial charge is 0.492 e. The zero-order valence-electron chi connectivity index (χ0n) is 8.74. The predicted molar refractivity (Wildman–Crippen MR) is 61.3 cm³/mol. The van der Waals surface area contributed by atoms with Crippen molar-refractivity contribution in [3.63, 3.8) is 0 Å². The second-order valence-corrected chi connectivity index (χ2v) is 3.70. The van der Waals surface area contributed by atoms with Crippen molar-refractivity contribution in [3.8, 4) is 5.75 Å². The minimum absolute atomic E-state index is 0.186. The summed E-state index contributed by atoms with van der Waals surface area (Å²) in [6.07, 6.45) is 0.270. The second-order valence-electron chi connectivity index (χ2n) is 3.29. The third-order valence-electron chi connectivity index (χ3n) is 2.03. The van der Waals surface area contributed by atoms with E-state index in [1.807, 2.05) is 6.92 Å². The highest BCUT2D eigenvalue weighted by Crippen LogP contribution is 2.27. The van der Waals surface area contributed by atoms with Gasteiger partial charge in [0.05, 0.1) is 17.7 Å². The molecule has 0 aliphatic carbocycles. The smallest absolute Gasteiger partial charge is 0.137 e. The van der Waals surface area contributed by atoms with Crippen LogP contribution in [-0.2, 0) is 0 Å². The van der Waals surface area contributed by atoms with E-state index in [-0.39, 0.29) is 6.54 Å². The molecular formula is C11H16ClNO2. The maximum Gasteiger partial charge on any atom is 0.137 e. The molecule has 0 saturated heterocycles. The SMILES string of the molecule is CCCOc1ccc(C(O)CN)cc1Cl. The molecule has 3 N–H and O–H groups in total. The van der Waals surface area contributed by atoms with Gasteiger partial charge in [-0.2, -0.15) is 0 Å². The summed E-state index contributed by atoms with van der Waals surface area (Å²) >= 11 is 5.99. The molecule has 0 bridgehead atoms. The van der Waals surface area contributed by atoms with Gasteiger partial charge in [0.15, 0.2) is 0 Å². The van der Waals surface area contributed by atoms with E-state index < -0.39 is 6.10 Å². The Hall–Kier alpha value is -0.770. The molecule has 1 unspecified atom stereocenters. The zero-order chi connectivity index (χ0) is 11.3. The summed E-state index contributed by atoms with van der Waals surface area (Å²) in [4.78, 5) is 0. The lowest BCUT2D eigenvalue weighted by Gasteiger charge is -2.11. The van der Waals surface area contributed by atoms with E-state index in [1.54, 1.807) is 18.2 Å². The fourth-order valence-electron chi connectivity index (χ4n) is 1.19. The fourth-order valence-corrected chi connectivity index (χ4v) is 1.43. The Kier molecular flexibility index (Phi) is 4.88. The van der Waals surface area contributed by atoms with Gasteiger partial charge in [0.2, 0.25) is 0 Å². The number of rotatable bonds is 5. The standard InChI is InChI=1S/C11H16ClNO2/c1-2-5-15-11-4-3-8(6-9(11)12)10(14)7-13/h3-4,6,10,14H,2,5,7,13H2,1H3. The van der Waals surface area contributed by atoms with Crippen molar-refractivity contribution >= 4 is 11.6 Å². The van der Waals surface area contributed by atoms with E-state index in [0.29, 0.717) is 22.9 Å². The van der Waals surface area contributed by atoms with Crippen molar-refractivity contribution in [2.24, 2.45) is 5.73 Å². The van der Waals surface area contributed by atoms with Crippen LogP contribution in [-0.4, -0.2) is 18.3 Å². The van der Waals surface area contributed by atoms with Crippen molar-refractivity contribution < 1.29 is 9.84 Å². The molecule has 0 aliphatic rings. The highest BCUT2D eigenvalue weighted by atomic mass is 35.5. The lowest BCUT2D eigenvalue weighted by molar-refractivity contribution is 0.186. The van der Waals surface area contributed by atoms with Crippen molar-refractivity contribution in [2.45, 2.75) is 19.4 Å². The molecule has 3 nitrogen and oxygen atoms in total. The molecule has 0 amide bonds. The van der Waals surface area contributed by atoms with Crippen molar-refractivity contribution in [3.05, 3.63) is 28.8 Å². The summed E-state index contributed by atoms with van der Waals surface area (Å²) in [6.45, 7) is 2.85. The summed E-state index contributed by atoms with van der Waals surface area (Å²) in [5.74, 6) is 0.645. The molecular weight excluding hydrogens is 214 g/mol. The fraction of sp³-hybridized carbons (Fsp3) is 0.455. The number of aliphatic hydroxyl groups excluding tert-OH is 1. The molecule has 0 saturated carbocycles. The maximum atomic E-state index is 9.50. The highest BCUT2D eigenvalue weighted by molar-refractivity contribution is 6.32. The van der Waals surface area contributed by atoms with E-state index in [9.17, 15) is 5.11 Å². The summed E-state index contributed by atoms with van der Waals surface area (Å²) in [6, 6.07) is 5.21. The van der Waals surface area contributed by atoms with Gasteiger partial charge in [-0.25, -0.2) is 0 Å². The van der Waals surface area contributed by atoms with Gasteiger partial charge >= 0.3 is 0 Å². The van der Waals surface area contributed by atoms with Crippen LogP contribution in [0.15, 0.2) is 18.2 Å². The summed E-state index contributed by atoms with van der Waals surface area (Å²) in [7, 11) is 0. The van der Waals surface area contributed by atoms with Crippen LogP contribution in [0.3, 0.4) is 0 Å².